The molecule has 1 rings (SSSR count). The monoisotopic (exact) mass is 244 g/mol. The molecule has 1 unspecified atom stereocenters. The van der Waals surface area contributed by atoms with E-state index in [-0.39, 0.29) is 5.82 Å². The van der Waals surface area contributed by atoms with Gasteiger partial charge in [-0.2, -0.15) is 0 Å². The number of ether oxygens (including phenoxy) is 1. The number of halogens is 2. The molecule has 0 aliphatic rings. The minimum Gasteiger partial charge on any atom is -0.382 e. The van der Waals surface area contributed by atoms with Gasteiger partial charge in [-0.3, -0.25) is 0 Å². The highest BCUT2D eigenvalue weighted by Crippen LogP contribution is 2.22. The largest absolute Gasteiger partial charge is 0.382 e. The molecule has 0 saturated heterocycles. The van der Waals surface area contributed by atoms with Crippen molar-refractivity contribution in [3.8, 4) is 0 Å². The van der Waals surface area contributed by atoms with Crippen LogP contribution in [0.4, 0.5) is 4.39 Å². The molecule has 1 nitrogen and oxygen atoms in total. The third-order valence-electron chi connectivity index (χ3n) is 2.57. The van der Waals surface area contributed by atoms with Crippen LogP contribution in [-0.4, -0.2) is 19.1 Å². The number of alkyl halides is 1. The van der Waals surface area contributed by atoms with E-state index in [1.807, 2.05) is 19.1 Å². The number of hydrogen-bond donors (Lipinski definition) is 0. The standard InChI is InChI=1S/C13H18ClFO/c1-2-16-9-3-4-12(10-14)11-5-7-13(15)8-6-11/h5-8,12H,2-4,9-10H2,1H3. The fourth-order valence-corrected chi connectivity index (χ4v) is 1.98. The van der Waals surface area contributed by atoms with Gasteiger partial charge in [-0.15, -0.1) is 11.6 Å². The van der Waals surface area contributed by atoms with Gasteiger partial charge in [0.1, 0.15) is 5.82 Å². The van der Waals surface area contributed by atoms with Gasteiger partial charge in [-0.1, -0.05) is 12.1 Å². The molecule has 1 aromatic rings. The number of benzene rings is 1. The van der Waals surface area contributed by atoms with Crippen LogP contribution in [0.15, 0.2) is 24.3 Å². The van der Waals surface area contributed by atoms with Crippen LogP contribution in [0.2, 0.25) is 0 Å². The van der Waals surface area contributed by atoms with Crippen molar-refractivity contribution in [2.24, 2.45) is 0 Å². The van der Waals surface area contributed by atoms with E-state index in [9.17, 15) is 4.39 Å². The molecule has 0 bridgehead atoms. The number of hydrogen-bond acceptors (Lipinski definition) is 1. The Labute approximate surface area is 102 Å². The lowest BCUT2D eigenvalue weighted by Gasteiger charge is -2.14. The third kappa shape index (κ3) is 4.50. The van der Waals surface area contributed by atoms with E-state index in [1.54, 1.807) is 0 Å². The maximum Gasteiger partial charge on any atom is 0.123 e. The predicted octanol–water partition coefficient (Wildman–Crippen LogP) is 3.96. The second kappa shape index (κ2) is 7.64. The Morgan fingerprint density at radius 3 is 2.56 bits per heavy atom. The lowest BCUT2D eigenvalue weighted by Crippen LogP contribution is -2.03. The van der Waals surface area contributed by atoms with Crippen molar-refractivity contribution in [1.82, 2.24) is 0 Å². The Morgan fingerprint density at radius 1 is 1.31 bits per heavy atom. The van der Waals surface area contributed by atoms with Crippen LogP contribution in [0.3, 0.4) is 0 Å². The van der Waals surface area contributed by atoms with Crippen molar-refractivity contribution in [3.05, 3.63) is 35.6 Å². The molecule has 0 N–H and O–H groups in total. The minimum absolute atomic E-state index is 0.202. The molecular formula is C13H18ClFO. The molecule has 1 atom stereocenters. The van der Waals surface area contributed by atoms with Crippen LogP contribution in [0.5, 0.6) is 0 Å². The third-order valence-corrected chi connectivity index (χ3v) is 2.95. The smallest absolute Gasteiger partial charge is 0.123 e. The van der Waals surface area contributed by atoms with Crippen LogP contribution in [0.1, 0.15) is 31.2 Å². The number of rotatable bonds is 7. The Bertz CT molecular complexity index is 286. The van der Waals surface area contributed by atoms with E-state index in [0.717, 1.165) is 31.6 Å². The molecular weight excluding hydrogens is 227 g/mol. The fourth-order valence-electron chi connectivity index (χ4n) is 1.64. The fraction of sp³-hybridized carbons (Fsp3) is 0.538. The first-order valence-corrected chi connectivity index (χ1v) is 6.20. The van der Waals surface area contributed by atoms with E-state index in [4.69, 9.17) is 16.3 Å². The molecule has 0 heterocycles. The molecule has 0 aromatic heterocycles. The summed E-state index contributed by atoms with van der Waals surface area (Å²) in [5, 5.41) is 0. The molecule has 0 saturated carbocycles. The topological polar surface area (TPSA) is 9.23 Å². The van der Waals surface area contributed by atoms with E-state index >= 15 is 0 Å². The summed E-state index contributed by atoms with van der Waals surface area (Å²) < 4.78 is 18.0. The van der Waals surface area contributed by atoms with Gasteiger partial charge in [0.2, 0.25) is 0 Å². The summed E-state index contributed by atoms with van der Waals surface area (Å²) >= 11 is 5.92. The highest BCUT2D eigenvalue weighted by Gasteiger charge is 2.09. The van der Waals surface area contributed by atoms with E-state index < -0.39 is 0 Å². The van der Waals surface area contributed by atoms with Crippen molar-refractivity contribution < 1.29 is 9.13 Å². The maximum absolute atomic E-state index is 12.8. The minimum atomic E-state index is -0.202. The summed E-state index contributed by atoms with van der Waals surface area (Å²) in [6, 6.07) is 6.58. The molecule has 0 amide bonds. The highest BCUT2D eigenvalue weighted by molar-refractivity contribution is 6.18. The quantitative estimate of drug-likeness (QED) is 0.521. The lowest BCUT2D eigenvalue weighted by molar-refractivity contribution is 0.142. The predicted molar refractivity (Wildman–Crippen MR) is 65.6 cm³/mol. The Kier molecular flexibility index (Phi) is 6.43. The summed E-state index contributed by atoms with van der Waals surface area (Å²) in [6.45, 7) is 3.51. The summed E-state index contributed by atoms with van der Waals surface area (Å²) in [5.74, 6) is 0.659. The van der Waals surface area contributed by atoms with Gasteiger partial charge in [0.15, 0.2) is 0 Å². The van der Waals surface area contributed by atoms with Crippen LogP contribution >= 0.6 is 11.6 Å². The average molecular weight is 245 g/mol. The molecule has 0 fully saturated rings. The summed E-state index contributed by atoms with van der Waals surface area (Å²) in [4.78, 5) is 0. The zero-order valence-electron chi connectivity index (χ0n) is 9.59. The van der Waals surface area contributed by atoms with Gasteiger partial charge in [-0.25, -0.2) is 4.39 Å². The SMILES string of the molecule is CCOCCCC(CCl)c1ccc(F)cc1. The van der Waals surface area contributed by atoms with Crippen LogP contribution < -0.4 is 0 Å². The van der Waals surface area contributed by atoms with Crippen molar-refractivity contribution in [1.29, 1.82) is 0 Å². The van der Waals surface area contributed by atoms with E-state index in [2.05, 4.69) is 0 Å². The van der Waals surface area contributed by atoms with Gasteiger partial charge >= 0.3 is 0 Å². The first-order chi connectivity index (χ1) is 7.77. The molecule has 0 spiro atoms. The van der Waals surface area contributed by atoms with Crippen LogP contribution in [0.25, 0.3) is 0 Å². The molecule has 0 aliphatic heterocycles. The Balaban J connectivity index is 2.44. The lowest BCUT2D eigenvalue weighted by atomic mass is 9.96. The first-order valence-electron chi connectivity index (χ1n) is 5.67. The molecule has 3 heteroatoms. The van der Waals surface area contributed by atoms with E-state index in [1.165, 1.54) is 12.1 Å². The summed E-state index contributed by atoms with van der Waals surface area (Å²) in [5.41, 5.74) is 1.10. The maximum atomic E-state index is 12.8. The highest BCUT2D eigenvalue weighted by atomic mass is 35.5. The van der Waals surface area contributed by atoms with Gasteiger partial charge in [0.25, 0.3) is 0 Å². The Morgan fingerprint density at radius 2 is 2.00 bits per heavy atom. The summed E-state index contributed by atoms with van der Waals surface area (Å²) in [6.07, 6.45) is 1.97. The van der Waals surface area contributed by atoms with Gasteiger partial charge in [0, 0.05) is 19.1 Å². The molecule has 16 heavy (non-hydrogen) atoms. The van der Waals surface area contributed by atoms with Crippen molar-refractivity contribution in [2.75, 3.05) is 19.1 Å². The summed E-state index contributed by atoms with van der Waals surface area (Å²) in [7, 11) is 0. The van der Waals surface area contributed by atoms with Crippen molar-refractivity contribution in [3.63, 3.8) is 0 Å². The van der Waals surface area contributed by atoms with Crippen LogP contribution in [0, 0.1) is 5.82 Å². The Hall–Kier alpha value is -0.600. The zero-order chi connectivity index (χ0) is 11.8. The van der Waals surface area contributed by atoms with Crippen LogP contribution in [-0.2, 0) is 4.74 Å². The molecule has 1 aromatic carbocycles. The molecule has 0 radical (unpaired) electrons. The first kappa shape index (κ1) is 13.5. The molecule has 0 aliphatic carbocycles. The zero-order valence-corrected chi connectivity index (χ0v) is 10.3. The molecule has 90 valence electrons. The van der Waals surface area contributed by atoms with Gasteiger partial charge < -0.3 is 4.74 Å². The normalized spacial score (nSPS) is 12.7. The van der Waals surface area contributed by atoms with E-state index in [0.29, 0.717) is 11.8 Å². The second-order valence-electron chi connectivity index (χ2n) is 3.74. The van der Waals surface area contributed by atoms with Gasteiger partial charge in [0.05, 0.1) is 0 Å². The van der Waals surface area contributed by atoms with Crippen molar-refractivity contribution in [2.45, 2.75) is 25.7 Å². The van der Waals surface area contributed by atoms with Gasteiger partial charge in [-0.05, 0) is 43.4 Å². The van der Waals surface area contributed by atoms with Crippen molar-refractivity contribution >= 4 is 11.6 Å². The second-order valence-corrected chi connectivity index (χ2v) is 4.05. The average Bonchev–Trinajstić information content (AvgIpc) is 2.31.